The van der Waals surface area contributed by atoms with Gasteiger partial charge in [-0.3, -0.25) is 4.79 Å². The molecule has 3 N–H and O–H groups in total. The molecule has 0 aliphatic carbocycles. The lowest BCUT2D eigenvalue weighted by molar-refractivity contribution is -0.142. The van der Waals surface area contributed by atoms with Gasteiger partial charge >= 0.3 is 5.97 Å². The van der Waals surface area contributed by atoms with Gasteiger partial charge in [-0.05, 0) is 19.4 Å². The molecular weight excluding hydrogens is 326 g/mol. The average molecular weight is 347 g/mol. The van der Waals surface area contributed by atoms with Crippen molar-refractivity contribution in [3.8, 4) is 0 Å². The Hall–Kier alpha value is -2.28. The number of aromatic nitrogens is 2. The summed E-state index contributed by atoms with van der Waals surface area (Å²) in [6.07, 6.45) is 3.54. The van der Waals surface area contributed by atoms with Crippen LogP contribution in [-0.2, 0) is 21.8 Å². The molecule has 0 unspecified atom stereocenters. The molecule has 0 saturated heterocycles. The molecule has 2 rings (SSSR count). The summed E-state index contributed by atoms with van der Waals surface area (Å²) in [6.45, 7) is 3.57. The highest BCUT2D eigenvalue weighted by Crippen LogP contribution is 2.27. The molecule has 0 bridgehead atoms. The number of carbonyl (C=O) groups is 2. The van der Waals surface area contributed by atoms with Gasteiger partial charge in [-0.2, -0.15) is 0 Å². The summed E-state index contributed by atoms with van der Waals surface area (Å²) in [5.41, 5.74) is 1.79. The molecule has 0 fully saturated rings. The van der Waals surface area contributed by atoms with Gasteiger partial charge in [0.2, 0.25) is 5.91 Å². The van der Waals surface area contributed by atoms with Gasteiger partial charge in [0.1, 0.15) is 6.04 Å². The van der Waals surface area contributed by atoms with E-state index in [9.17, 15) is 14.7 Å². The van der Waals surface area contributed by atoms with Crippen molar-refractivity contribution in [1.82, 2.24) is 15.3 Å². The second-order valence-corrected chi connectivity index (χ2v) is 7.53. The molecule has 1 aromatic heterocycles. The van der Waals surface area contributed by atoms with Crippen molar-refractivity contribution in [2.24, 2.45) is 0 Å². The van der Waals surface area contributed by atoms with Gasteiger partial charge in [0, 0.05) is 24.1 Å². The number of rotatable bonds is 8. The first-order chi connectivity index (χ1) is 11.4. The van der Waals surface area contributed by atoms with Gasteiger partial charge < -0.3 is 15.4 Å². The average Bonchev–Trinajstić information content (AvgIpc) is 3.06. The number of benzene rings is 1. The van der Waals surface area contributed by atoms with Crippen molar-refractivity contribution < 1.29 is 14.7 Å². The van der Waals surface area contributed by atoms with Gasteiger partial charge in [0.15, 0.2) is 0 Å². The molecular formula is C17H21N3O3S. The molecule has 24 heavy (non-hydrogen) atoms. The third-order valence-electron chi connectivity index (χ3n) is 3.58. The first kappa shape index (κ1) is 18.1. The van der Waals surface area contributed by atoms with Gasteiger partial charge in [0.25, 0.3) is 0 Å². The highest BCUT2D eigenvalue weighted by Gasteiger charge is 2.32. The number of hydrogen-bond acceptors (Lipinski definition) is 4. The minimum atomic E-state index is -1.04. The van der Waals surface area contributed by atoms with Crippen LogP contribution in [0.25, 0.3) is 0 Å². The number of nitrogens with zero attached hydrogens (tertiary/aromatic N) is 1. The summed E-state index contributed by atoms with van der Waals surface area (Å²) >= 11 is 1.43. The maximum atomic E-state index is 12.5. The Labute approximate surface area is 145 Å². The van der Waals surface area contributed by atoms with E-state index in [0.29, 0.717) is 5.75 Å². The van der Waals surface area contributed by atoms with Crippen molar-refractivity contribution in [1.29, 1.82) is 0 Å². The van der Waals surface area contributed by atoms with Crippen molar-refractivity contribution in [2.75, 3.05) is 0 Å². The minimum Gasteiger partial charge on any atom is -0.480 e. The number of H-pyrrole nitrogens is 1. The summed E-state index contributed by atoms with van der Waals surface area (Å²) in [5.74, 6) is -0.742. The molecule has 1 amide bonds. The number of thioether (sulfide) groups is 1. The summed E-state index contributed by atoms with van der Waals surface area (Å²) < 4.78 is -0.754. The van der Waals surface area contributed by atoms with Crippen molar-refractivity contribution >= 4 is 23.6 Å². The lowest BCUT2D eigenvalue weighted by Crippen LogP contribution is -2.49. The second-order valence-electron chi connectivity index (χ2n) is 5.93. The molecule has 1 aromatic carbocycles. The van der Waals surface area contributed by atoms with E-state index in [1.807, 2.05) is 30.3 Å². The Bertz CT molecular complexity index is 672. The predicted octanol–water partition coefficient (Wildman–Crippen LogP) is 2.23. The van der Waals surface area contributed by atoms with Gasteiger partial charge in [-0.25, -0.2) is 9.78 Å². The van der Waals surface area contributed by atoms with Gasteiger partial charge in [0.05, 0.1) is 11.1 Å². The van der Waals surface area contributed by atoms with Crippen LogP contribution < -0.4 is 5.32 Å². The van der Waals surface area contributed by atoms with Crippen molar-refractivity contribution in [3.63, 3.8) is 0 Å². The SMILES string of the molecule is CC(C)(SCc1cnc[nH]1)C(=O)N[C@@H](Cc1ccccc1)C(=O)O. The minimum absolute atomic E-state index is 0.253. The van der Waals surface area contributed by atoms with Crippen LogP contribution in [0.2, 0.25) is 0 Å². The fourth-order valence-electron chi connectivity index (χ4n) is 2.07. The van der Waals surface area contributed by atoms with Crippen LogP contribution in [0, 0.1) is 0 Å². The van der Waals surface area contributed by atoms with E-state index in [-0.39, 0.29) is 12.3 Å². The van der Waals surface area contributed by atoms with E-state index in [2.05, 4.69) is 15.3 Å². The van der Waals surface area contributed by atoms with E-state index < -0.39 is 16.8 Å². The summed E-state index contributed by atoms with van der Waals surface area (Å²) in [4.78, 5) is 30.9. The summed E-state index contributed by atoms with van der Waals surface area (Å²) in [5, 5.41) is 12.0. The Morgan fingerprint density at radius 1 is 1.33 bits per heavy atom. The van der Waals surface area contributed by atoms with Crippen LogP contribution in [-0.4, -0.2) is 37.7 Å². The molecule has 0 radical (unpaired) electrons. The van der Waals surface area contributed by atoms with Crippen LogP contribution in [0.15, 0.2) is 42.9 Å². The number of imidazole rings is 1. The topological polar surface area (TPSA) is 95.1 Å². The quantitative estimate of drug-likeness (QED) is 0.681. The van der Waals surface area contributed by atoms with E-state index >= 15 is 0 Å². The predicted molar refractivity (Wildman–Crippen MR) is 93.7 cm³/mol. The molecule has 7 heteroatoms. The van der Waals surface area contributed by atoms with Crippen LogP contribution in [0.4, 0.5) is 0 Å². The van der Waals surface area contributed by atoms with Crippen molar-refractivity contribution in [3.05, 3.63) is 54.1 Å². The zero-order valence-corrected chi connectivity index (χ0v) is 14.5. The first-order valence-electron chi connectivity index (χ1n) is 7.57. The molecule has 1 atom stereocenters. The van der Waals surface area contributed by atoms with E-state index in [1.165, 1.54) is 11.8 Å². The highest BCUT2D eigenvalue weighted by molar-refractivity contribution is 8.00. The first-order valence-corrected chi connectivity index (χ1v) is 8.56. The monoisotopic (exact) mass is 347 g/mol. The van der Waals surface area contributed by atoms with Gasteiger partial charge in [-0.15, -0.1) is 11.8 Å². The van der Waals surface area contributed by atoms with Crippen molar-refractivity contribution in [2.45, 2.75) is 36.8 Å². The zero-order chi connectivity index (χ0) is 17.6. The highest BCUT2D eigenvalue weighted by atomic mass is 32.2. The van der Waals surface area contributed by atoms with E-state index in [1.54, 1.807) is 26.4 Å². The Morgan fingerprint density at radius 3 is 2.62 bits per heavy atom. The molecule has 0 aliphatic rings. The smallest absolute Gasteiger partial charge is 0.326 e. The number of nitrogens with one attached hydrogen (secondary N) is 2. The van der Waals surface area contributed by atoms with Crippen LogP contribution in [0.3, 0.4) is 0 Å². The van der Waals surface area contributed by atoms with Crippen LogP contribution >= 0.6 is 11.8 Å². The molecule has 0 spiro atoms. The molecule has 0 aliphatic heterocycles. The van der Waals surface area contributed by atoms with E-state index in [4.69, 9.17) is 0 Å². The van der Waals surface area contributed by atoms with Gasteiger partial charge in [-0.1, -0.05) is 30.3 Å². The van der Waals surface area contributed by atoms with Crippen LogP contribution in [0.1, 0.15) is 25.1 Å². The number of hydrogen-bond donors (Lipinski definition) is 3. The Morgan fingerprint density at radius 2 is 2.04 bits per heavy atom. The normalized spacial score (nSPS) is 12.6. The molecule has 0 saturated carbocycles. The number of carbonyl (C=O) groups excluding carboxylic acids is 1. The number of carboxylic acids is 1. The fraction of sp³-hybridized carbons (Fsp3) is 0.353. The Kier molecular flexibility index (Phi) is 6.03. The van der Waals surface area contributed by atoms with Crippen LogP contribution in [0.5, 0.6) is 0 Å². The number of aliphatic carboxylic acids is 1. The maximum Gasteiger partial charge on any atom is 0.326 e. The fourth-order valence-corrected chi connectivity index (χ4v) is 2.93. The summed E-state index contributed by atoms with van der Waals surface area (Å²) in [6, 6.07) is 8.31. The largest absolute Gasteiger partial charge is 0.480 e. The molecule has 1 heterocycles. The molecule has 128 valence electrons. The summed E-state index contributed by atoms with van der Waals surface area (Å²) in [7, 11) is 0. The lowest BCUT2D eigenvalue weighted by atomic mass is 10.0. The third kappa shape index (κ3) is 5.13. The number of amides is 1. The number of aromatic amines is 1. The second kappa shape index (κ2) is 8.01. The third-order valence-corrected chi connectivity index (χ3v) is 4.94. The standard InChI is InChI=1S/C17H21N3O3S/c1-17(2,24-10-13-9-18-11-19-13)16(23)20-14(15(21)22)8-12-6-4-3-5-7-12/h3-7,9,11,14H,8,10H2,1-2H3,(H,18,19)(H,20,23)(H,21,22)/t14-/m0/s1. The maximum absolute atomic E-state index is 12.5. The van der Waals surface area contributed by atoms with E-state index in [0.717, 1.165) is 11.3 Å². The lowest BCUT2D eigenvalue weighted by Gasteiger charge is -2.25. The zero-order valence-electron chi connectivity index (χ0n) is 13.7. The Balaban J connectivity index is 1.96. The molecule has 6 nitrogen and oxygen atoms in total. The number of carboxylic acid groups (broad SMARTS) is 1. The molecule has 2 aromatic rings.